The second kappa shape index (κ2) is 9.01. The van der Waals surface area contributed by atoms with E-state index >= 15 is 0 Å². The molecule has 2 heterocycles. The molecule has 1 aromatic heterocycles. The number of thiophene rings is 1. The zero-order valence-electron chi connectivity index (χ0n) is 14.0. The van der Waals surface area contributed by atoms with Crippen LogP contribution in [0, 0.1) is 0 Å². The van der Waals surface area contributed by atoms with Gasteiger partial charge in [-0.15, -0.1) is 16.4 Å². The van der Waals surface area contributed by atoms with E-state index < -0.39 is 5.25 Å². The highest BCUT2D eigenvalue weighted by Crippen LogP contribution is 2.24. The van der Waals surface area contributed by atoms with Crippen LogP contribution in [0.1, 0.15) is 18.2 Å². The van der Waals surface area contributed by atoms with Crippen molar-refractivity contribution in [2.24, 2.45) is 10.2 Å². The Kier molecular flexibility index (Phi) is 6.69. The van der Waals surface area contributed by atoms with Gasteiger partial charge in [-0.2, -0.15) is 5.10 Å². The first-order valence-electron chi connectivity index (χ1n) is 7.81. The van der Waals surface area contributed by atoms with Crippen LogP contribution in [0.2, 0.25) is 5.02 Å². The Hall–Kier alpha value is -1.68. The van der Waals surface area contributed by atoms with Gasteiger partial charge < -0.3 is 10.6 Å². The minimum atomic E-state index is -0.584. The second-order valence-corrected chi connectivity index (χ2v) is 9.64. The van der Waals surface area contributed by atoms with Crippen molar-refractivity contribution in [2.45, 2.75) is 18.6 Å². The number of carbonyl (C=O) groups is 2. The number of anilines is 1. The maximum Gasteiger partial charge on any atom is 0.238 e. The molecular weight excluding hydrogens is 472 g/mol. The van der Waals surface area contributed by atoms with Crippen molar-refractivity contribution in [3.63, 3.8) is 0 Å². The fourth-order valence-electron chi connectivity index (χ4n) is 2.17. The predicted octanol–water partition coefficient (Wildman–Crippen LogP) is 4.50. The topological polar surface area (TPSA) is 82.9 Å². The molecule has 1 atom stereocenters. The van der Waals surface area contributed by atoms with Crippen molar-refractivity contribution < 1.29 is 9.59 Å². The van der Waals surface area contributed by atoms with Gasteiger partial charge in [-0.25, -0.2) is 0 Å². The fraction of sp³-hybridized carbons (Fsp3) is 0.176. The van der Waals surface area contributed by atoms with Crippen LogP contribution < -0.4 is 10.6 Å². The molecule has 1 saturated heterocycles. The summed E-state index contributed by atoms with van der Waals surface area (Å²) in [5.41, 5.74) is 1.34. The summed E-state index contributed by atoms with van der Waals surface area (Å²) in [6.45, 7) is 1.84. The molecule has 27 heavy (non-hydrogen) atoms. The molecule has 0 spiro atoms. The van der Waals surface area contributed by atoms with E-state index in [-0.39, 0.29) is 18.2 Å². The van der Waals surface area contributed by atoms with Crippen molar-refractivity contribution in [1.29, 1.82) is 0 Å². The lowest BCUT2D eigenvalue weighted by molar-refractivity contribution is -0.123. The van der Waals surface area contributed by atoms with Gasteiger partial charge in [-0.05, 0) is 59.3 Å². The van der Waals surface area contributed by atoms with Gasteiger partial charge in [0.05, 0.1) is 14.4 Å². The molecule has 2 amide bonds. The molecule has 0 unspecified atom stereocenters. The van der Waals surface area contributed by atoms with Gasteiger partial charge in [0.2, 0.25) is 11.8 Å². The normalized spacial score (nSPS) is 19.1. The van der Waals surface area contributed by atoms with Crippen LogP contribution >= 0.6 is 50.6 Å². The average Bonchev–Trinajstić information content (AvgIpc) is 3.07. The molecule has 1 aliphatic rings. The number of hydrogen-bond acceptors (Lipinski definition) is 6. The van der Waals surface area contributed by atoms with Crippen molar-refractivity contribution in [1.82, 2.24) is 5.32 Å². The molecule has 0 radical (unpaired) electrons. The Labute approximate surface area is 177 Å². The Bertz CT molecular complexity index is 927. The van der Waals surface area contributed by atoms with Crippen LogP contribution in [0.4, 0.5) is 5.69 Å². The Morgan fingerprint density at radius 2 is 2.04 bits per heavy atom. The highest BCUT2D eigenvalue weighted by Gasteiger charge is 2.30. The minimum Gasteiger partial charge on any atom is -0.325 e. The van der Waals surface area contributed by atoms with Gasteiger partial charge in [-0.1, -0.05) is 23.4 Å². The largest absolute Gasteiger partial charge is 0.325 e. The lowest BCUT2D eigenvalue weighted by atomic mass is 10.2. The molecular formula is C17H14BrClN4O2S2. The zero-order chi connectivity index (χ0) is 19.4. The molecule has 0 bridgehead atoms. The monoisotopic (exact) mass is 484 g/mol. The SMILES string of the molecule is CC(=NN=C1NC(=O)C[C@@H](C(=O)Nc2ccc(Cl)cc2)S1)c1ccc(Br)s1. The van der Waals surface area contributed by atoms with Crippen LogP contribution in [0.5, 0.6) is 0 Å². The summed E-state index contributed by atoms with van der Waals surface area (Å²) in [4.78, 5) is 25.4. The maximum atomic E-state index is 12.5. The fourth-order valence-corrected chi connectivity index (χ4v) is 4.56. The summed E-state index contributed by atoms with van der Waals surface area (Å²) >= 11 is 12.0. The number of nitrogens with one attached hydrogen (secondary N) is 2. The quantitative estimate of drug-likeness (QED) is 0.494. The molecule has 1 fully saturated rings. The van der Waals surface area contributed by atoms with Crippen LogP contribution in [0.15, 0.2) is 50.4 Å². The molecule has 6 nitrogen and oxygen atoms in total. The van der Waals surface area contributed by atoms with Crippen molar-refractivity contribution in [2.75, 3.05) is 5.32 Å². The van der Waals surface area contributed by atoms with E-state index in [4.69, 9.17) is 11.6 Å². The van der Waals surface area contributed by atoms with Gasteiger partial charge in [0.15, 0.2) is 5.17 Å². The summed E-state index contributed by atoms with van der Waals surface area (Å²) in [5.74, 6) is -0.539. The number of nitrogens with zero attached hydrogens (tertiary/aromatic N) is 2. The molecule has 1 aliphatic heterocycles. The van der Waals surface area contributed by atoms with E-state index in [1.807, 2.05) is 19.1 Å². The van der Waals surface area contributed by atoms with E-state index in [1.54, 1.807) is 24.3 Å². The van der Waals surface area contributed by atoms with E-state index in [9.17, 15) is 9.59 Å². The molecule has 1 aromatic carbocycles. The van der Waals surface area contributed by atoms with E-state index in [2.05, 4.69) is 36.8 Å². The predicted molar refractivity (Wildman–Crippen MR) is 116 cm³/mol. The molecule has 140 valence electrons. The molecule has 3 rings (SSSR count). The smallest absolute Gasteiger partial charge is 0.238 e. The first-order valence-corrected chi connectivity index (χ1v) is 10.7. The standard InChI is InChI=1S/C17H14BrClN4O2S2/c1-9(12-6-7-14(18)26-12)22-23-17-21-15(24)8-13(27-17)16(25)20-11-4-2-10(19)3-5-11/h2-7,13H,8H2,1H3,(H,20,25)(H,21,23,24)/t13-/m0/s1. The number of amidine groups is 1. The number of thioether (sulfide) groups is 1. The van der Waals surface area contributed by atoms with Gasteiger partial charge in [-0.3, -0.25) is 9.59 Å². The number of hydrogen-bond donors (Lipinski definition) is 2. The van der Waals surface area contributed by atoms with E-state index in [0.717, 1.165) is 14.4 Å². The van der Waals surface area contributed by atoms with Gasteiger partial charge in [0.1, 0.15) is 5.25 Å². The molecule has 2 N–H and O–H groups in total. The minimum absolute atomic E-state index is 0.0731. The number of rotatable bonds is 4. The first-order chi connectivity index (χ1) is 12.9. The van der Waals surface area contributed by atoms with Crippen LogP contribution in [0.3, 0.4) is 0 Å². The lowest BCUT2D eigenvalue weighted by Crippen LogP contribution is -2.41. The third-order valence-electron chi connectivity index (χ3n) is 3.50. The van der Waals surface area contributed by atoms with Crippen molar-refractivity contribution >= 4 is 79.0 Å². The second-order valence-electron chi connectivity index (χ2n) is 5.55. The van der Waals surface area contributed by atoms with E-state index in [1.165, 1.54) is 23.1 Å². The highest BCUT2D eigenvalue weighted by atomic mass is 79.9. The number of benzene rings is 1. The third kappa shape index (κ3) is 5.65. The molecule has 2 aromatic rings. The van der Waals surface area contributed by atoms with E-state index in [0.29, 0.717) is 15.9 Å². The van der Waals surface area contributed by atoms with Gasteiger partial charge >= 0.3 is 0 Å². The number of carbonyl (C=O) groups excluding carboxylic acids is 2. The van der Waals surface area contributed by atoms with Gasteiger partial charge in [0, 0.05) is 17.1 Å². The first kappa shape index (κ1) is 20.1. The summed E-state index contributed by atoms with van der Waals surface area (Å²) in [7, 11) is 0. The van der Waals surface area contributed by atoms with Crippen LogP contribution in [-0.2, 0) is 9.59 Å². The molecule has 0 aliphatic carbocycles. The average molecular weight is 486 g/mol. The number of amides is 2. The third-order valence-corrected chi connectivity index (χ3v) is 6.55. The Balaban J connectivity index is 1.68. The zero-order valence-corrected chi connectivity index (χ0v) is 18.0. The van der Waals surface area contributed by atoms with Crippen LogP contribution in [0.25, 0.3) is 0 Å². The maximum absolute atomic E-state index is 12.5. The van der Waals surface area contributed by atoms with Crippen molar-refractivity contribution in [3.05, 3.63) is 50.1 Å². The Morgan fingerprint density at radius 3 is 2.70 bits per heavy atom. The number of halogens is 2. The highest BCUT2D eigenvalue weighted by molar-refractivity contribution is 9.11. The van der Waals surface area contributed by atoms with Gasteiger partial charge in [0.25, 0.3) is 0 Å². The summed E-state index contributed by atoms with van der Waals surface area (Å²) in [6.07, 6.45) is 0.0731. The lowest BCUT2D eigenvalue weighted by Gasteiger charge is -2.21. The molecule has 10 heteroatoms. The Morgan fingerprint density at radius 1 is 1.30 bits per heavy atom. The summed E-state index contributed by atoms with van der Waals surface area (Å²) in [5, 5.41) is 14.0. The molecule has 0 saturated carbocycles. The summed E-state index contributed by atoms with van der Waals surface area (Å²) in [6, 6.07) is 10.6. The van der Waals surface area contributed by atoms with Crippen LogP contribution in [-0.4, -0.2) is 27.9 Å². The van der Waals surface area contributed by atoms with Crippen molar-refractivity contribution in [3.8, 4) is 0 Å². The summed E-state index contributed by atoms with van der Waals surface area (Å²) < 4.78 is 0.999.